The Kier molecular flexibility index (Phi) is 16.6. The normalized spacial score (nSPS) is 21.5. The van der Waals surface area contributed by atoms with Crippen molar-refractivity contribution in [3.63, 3.8) is 0 Å². The number of unbranched alkanes of at least 4 members (excludes halogenated alkanes) is 1. The zero-order valence-corrected chi connectivity index (χ0v) is 37.3. The summed E-state index contributed by atoms with van der Waals surface area (Å²) in [5.41, 5.74) is 15.4. The molecule has 2 aliphatic heterocycles. The van der Waals surface area contributed by atoms with Gasteiger partial charge in [0, 0.05) is 55.9 Å². The number of alkyl carbamates (subject to hydrolysis) is 1. The molecule has 6 amide bonds. The Morgan fingerprint density at radius 2 is 1.24 bits per heavy atom. The molecule has 7 rings (SSSR count). The predicted molar refractivity (Wildman–Crippen MR) is 251 cm³/mol. The fraction of sp³-hybridized carbons (Fsp3) is 0.360. The molecular formula is C50H59N9O8. The molecule has 0 spiro atoms. The van der Waals surface area contributed by atoms with Crippen molar-refractivity contribution in [2.75, 3.05) is 26.2 Å². The fourth-order valence-electron chi connectivity index (χ4n) is 8.48. The van der Waals surface area contributed by atoms with Crippen LogP contribution in [0.15, 0.2) is 115 Å². The molecule has 10 N–H and O–H groups in total. The predicted octanol–water partition coefficient (Wildman–Crippen LogP) is 2.51. The lowest BCUT2D eigenvalue weighted by Gasteiger charge is -2.30. The number of carbonyl (C=O) groups excluding carboxylic acids is 6. The molecule has 2 fully saturated rings. The summed E-state index contributed by atoms with van der Waals surface area (Å²) in [6.07, 6.45) is 1.23. The summed E-state index contributed by atoms with van der Waals surface area (Å²) in [5, 5.41) is 15.0. The van der Waals surface area contributed by atoms with Gasteiger partial charge in [-0.2, -0.15) is 0 Å². The average Bonchev–Trinajstić information content (AvgIpc) is 3.96. The van der Waals surface area contributed by atoms with Crippen molar-refractivity contribution in [2.24, 2.45) is 11.5 Å². The van der Waals surface area contributed by atoms with E-state index in [-0.39, 0.29) is 51.7 Å². The third-order valence-electron chi connectivity index (χ3n) is 12.0. The number of amides is 6. The number of fused-ring (bicyclic) bond motifs is 2. The number of hydrogen-bond acceptors (Lipinski definition) is 10. The molecule has 2 aliphatic rings. The number of nitrogens with zero attached hydrogens (tertiary/aromatic N) is 1. The Balaban J connectivity index is 1.25. The Hall–Kier alpha value is -7.24. The monoisotopic (exact) mass is 913 g/mol. The van der Waals surface area contributed by atoms with Gasteiger partial charge in [-0.3, -0.25) is 24.0 Å². The summed E-state index contributed by atoms with van der Waals surface area (Å²) in [4.78, 5) is 90.7. The third kappa shape index (κ3) is 13.0. The first kappa shape index (κ1) is 47.7. The number of nitrogens with two attached hydrogens (primary N) is 2. The lowest BCUT2D eigenvalue weighted by atomic mass is 10.0. The van der Waals surface area contributed by atoms with Crippen LogP contribution in [0.2, 0.25) is 0 Å². The van der Waals surface area contributed by atoms with Gasteiger partial charge in [0.25, 0.3) is 0 Å². The third-order valence-corrected chi connectivity index (χ3v) is 12.0. The number of hydrogen-bond donors (Lipinski definition) is 8. The first-order valence-corrected chi connectivity index (χ1v) is 22.8. The van der Waals surface area contributed by atoms with E-state index in [1.54, 1.807) is 30.5 Å². The largest absolute Gasteiger partial charge is 0.489 e. The van der Waals surface area contributed by atoms with E-state index in [0.717, 1.165) is 22.0 Å². The standard InChI is InChI=1S/C50H59N9O8/c51-22-10-9-17-40-45(60)56-41(25-33-18-20-36(21-19-33)66-31-34-13-5-2-6-14-34)46(61)58-43(26-32-11-3-1-4-12-32)49(64)59-30-37(67-50(65)53-24-23-52)28-44(59)48(63)57-42(47(62)55-40)27-35-29-54-39-16-8-7-15-38(35)39/h1-8,11-16,18-21,29,37,40-44,54H,9-10,17,22-28,30-31,51-52H2,(H,53,65)(H,55,62)(H,56,60)(H,57,63)(H,58,61)/t37?,40-,41-,42+,43-,44-/m0/s1. The molecule has 1 unspecified atom stereocenters. The first-order chi connectivity index (χ1) is 32.6. The van der Waals surface area contributed by atoms with E-state index in [1.807, 2.05) is 84.9 Å². The van der Waals surface area contributed by atoms with Crippen molar-refractivity contribution in [3.8, 4) is 5.75 Å². The smallest absolute Gasteiger partial charge is 0.407 e. The quantitative estimate of drug-likeness (QED) is 0.0672. The molecule has 67 heavy (non-hydrogen) atoms. The van der Waals surface area contributed by atoms with Gasteiger partial charge in [-0.1, -0.05) is 91.0 Å². The Morgan fingerprint density at radius 1 is 0.642 bits per heavy atom. The van der Waals surface area contributed by atoms with Crippen molar-refractivity contribution >= 4 is 46.5 Å². The van der Waals surface area contributed by atoms with E-state index in [2.05, 4.69) is 31.6 Å². The zero-order chi connectivity index (χ0) is 47.1. The second-order valence-electron chi connectivity index (χ2n) is 16.9. The minimum absolute atomic E-state index is 0.00957. The highest BCUT2D eigenvalue weighted by atomic mass is 16.6. The number of aromatic amines is 1. The van der Waals surface area contributed by atoms with Crippen molar-refractivity contribution in [3.05, 3.63) is 138 Å². The lowest BCUT2D eigenvalue weighted by molar-refractivity contribution is -0.142. The van der Waals surface area contributed by atoms with Gasteiger partial charge in [0.1, 0.15) is 48.7 Å². The van der Waals surface area contributed by atoms with Crippen molar-refractivity contribution in [1.82, 2.24) is 36.5 Å². The van der Waals surface area contributed by atoms with E-state index < -0.39 is 71.9 Å². The lowest BCUT2D eigenvalue weighted by Crippen LogP contribution is -2.58. The molecule has 0 bridgehead atoms. The molecule has 17 nitrogen and oxygen atoms in total. The fourth-order valence-corrected chi connectivity index (χ4v) is 8.48. The zero-order valence-electron chi connectivity index (χ0n) is 37.3. The molecule has 6 atom stereocenters. The highest BCUT2D eigenvalue weighted by Gasteiger charge is 2.45. The van der Waals surface area contributed by atoms with Crippen LogP contribution < -0.4 is 42.8 Å². The number of H-pyrrole nitrogens is 1. The topological polar surface area (TPSA) is 252 Å². The molecule has 0 aliphatic carbocycles. The molecule has 3 heterocycles. The van der Waals surface area contributed by atoms with E-state index in [9.17, 15) is 24.0 Å². The van der Waals surface area contributed by atoms with Gasteiger partial charge in [0.15, 0.2) is 0 Å². The minimum atomic E-state index is -1.24. The van der Waals surface area contributed by atoms with Crippen molar-refractivity contribution < 1.29 is 38.2 Å². The summed E-state index contributed by atoms with van der Waals surface area (Å²) >= 11 is 0. The molecule has 17 heteroatoms. The Bertz CT molecular complexity index is 2470. The van der Waals surface area contributed by atoms with Crippen LogP contribution in [0, 0.1) is 0 Å². The molecule has 4 aromatic carbocycles. The van der Waals surface area contributed by atoms with Gasteiger partial charge in [-0.15, -0.1) is 0 Å². The minimum Gasteiger partial charge on any atom is -0.489 e. The van der Waals surface area contributed by atoms with Gasteiger partial charge >= 0.3 is 6.09 Å². The highest BCUT2D eigenvalue weighted by molar-refractivity contribution is 5.99. The maximum atomic E-state index is 15.0. The van der Waals surface area contributed by atoms with Gasteiger partial charge in [-0.25, -0.2) is 4.79 Å². The van der Waals surface area contributed by atoms with E-state index in [4.69, 9.17) is 20.9 Å². The summed E-state index contributed by atoms with van der Waals surface area (Å²) < 4.78 is 11.7. The van der Waals surface area contributed by atoms with Crippen molar-refractivity contribution in [1.29, 1.82) is 0 Å². The van der Waals surface area contributed by atoms with E-state index in [0.29, 0.717) is 42.9 Å². The molecule has 2 saturated heterocycles. The van der Waals surface area contributed by atoms with Gasteiger partial charge < -0.3 is 57.4 Å². The van der Waals surface area contributed by atoms with Crippen LogP contribution >= 0.6 is 0 Å². The van der Waals surface area contributed by atoms with Crippen LogP contribution in [-0.2, 0) is 54.6 Å². The Morgan fingerprint density at radius 3 is 1.96 bits per heavy atom. The highest BCUT2D eigenvalue weighted by Crippen LogP contribution is 2.25. The Labute approximate surface area is 389 Å². The molecule has 1 aromatic heterocycles. The molecular weight excluding hydrogens is 855 g/mol. The molecule has 0 saturated carbocycles. The van der Waals surface area contributed by atoms with Gasteiger partial charge in [0.2, 0.25) is 29.5 Å². The summed E-state index contributed by atoms with van der Waals surface area (Å²) in [6, 6.07) is 27.4. The second kappa shape index (κ2) is 23.3. The first-order valence-electron chi connectivity index (χ1n) is 22.8. The van der Waals surface area contributed by atoms with Crippen LogP contribution in [0.3, 0.4) is 0 Å². The maximum absolute atomic E-state index is 15.0. The number of carbonyl (C=O) groups is 6. The van der Waals surface area contributed by atoms with Crippen LogP contribution in [0.5, 0.6) is 5.75 Å². The summed E-state index contributed by atoms with van der Waals surface area (Å²) in [6.45, 7) is 0.831. The number of para-hydroxylation sites is 1. The van der Waals surface area contributed by atoms with Gasteiger partial charge in [0.05, 0.1) is 6.54 Å². The number of ether oxygens (including phenoxy) is 2. The van der Waals surface area contributed by atoms with Crippen LogP contribution in [0.4, 0.5) is 4.79 Å². The molecule has 0 radical (unpaired) electrons. The number of rotatable bonds is 16. The molecule has 352 valence electrons. The van der Waals surface area contributed by atoms with Crippen LogP contribution in [0.1, 0.15) is 47.9 Å². The van der Waals surface area contributed by atoms with Crippen LogP contribution in [0.25, 0.3) is 10.9 Å². The average molecular weight is 914 g/mol. The summed E-state index contributed by atoms with van der Waals surface area (Å²) in [7, 11) is 0. The second-order valence-corrected chi connectivity index (χ2v) is 16.9. The van der Waals surface area contributed by atoms with E-state index in [1.165, 1.54) is 4.90 Å². The number of nitrogens with one attached hydrogen (secondary N) is 6. The maximum Gasteiger partial charge on any atom is 0.407 e. The van der Waals surface area contributed by atoms with Crippen molar-refractivity contribution in [2.45, 2.75) is 87.9 Å². The SMILES string of the molecule is NCCCC[C@@H]1NC(=O)[C@@H](Cc2c[nH]c3ccccc23)NC(=O)[C@@H]2CC(OC(=O)NCCN)CN2C(=O)[C@H](Cc2ccccc2)NC(=O)[C@H](Cc2ccc(OCc3ccccc3)cc2)NC1=O. The number of benzene rings is 4. The number of aromatic nitrogens is 1. The molecule has 5 aromatic rings. The van der Waals surface area contributed by atoms with Gasteiger partial charge in [-0.05, 0) is 66.3 Å². The summed E-state index contributed by atoms with van der Waals surface area (Å²) in [5.74, 6) is -2.65. The van der Waals surface area contributed by atoms with Crippen LogP contribution in [-0.4, -0.2) is 108 Å². The van der Waals surface area contributed by atoms with E-state index >= 15 is 4.79 Å².